The lowest BCUT2D eigenvalue weighted by Crippen LogP contribution is -2.37. The van der Waals surface area contributed by atoms with Crippen LogP contribution in [0.2, 0.25) is 5.02 Å². The maximum Gasteiger partial charge on any atom is 0.309 e. The van der Waals surface area contributed by atoms with Crippen molar-refractivity contribution in [2.24, 2.45) is 11.3 Å². The van der Waals surface area contributed by atoms with E-state index in [2.05, 4.69) is 5.32 Å². The third-order valence-corrected chi connectivity index (χ3v) is 3.70. The minimum Gasteiger partial charge on any atom is -0.481 e. The highest BCUT2D eigenvalue weighted by Crippen LogP contribution is 2.27. The fourth-order valence-electron chi connectivity index (χ4n) is 2.06. The lowest BCUT2D eigenvalue weighted by molar-refractivity contribution is -0.149. The second-order valence-corrected chi connectivity index (χ2v) is 6.76. The van der Waals surface area contributed by atoms with Gasteiger partial charge in [0.15, 0.2) is 0 Å². The van der Waals surface area contributed by atoms with Crippen LogP contribution in [0.25, 0.3) is 0 Å². The predicted molar refractivity (Wildman–Crippen MR) is 83.2 cm³/mol. The van der Waals surface area contributed by atoms with E-state index in [0.717, 1.165) is 0 Å². The van der Waals surface area contributed by atoms with Gasteiger partial charge >= 0.3 is 5.97 Å². The van der Waals surface area contributed by atoms with Gasteiger partial charge in [-0.25, -0.2) is 4.39 Å². The Morgan fingerprint density at radius 2 is 1.95 bits per heavy atom. The molecule has 6 heteroatoms. The van der Waals surface area contributed by atoms with E-state index >= 15 is 0 Å². The van der Waals surface area contributed by atoms with Gasteiger partial charge in [-0.05, 0) is 31.9 Å². The molecule has 0 aliphatic carbocycles. The maximum atomic E-state index is 14.0. The number of hydrogen-bond donors (Lipinski definition) is 2. The molecule has 0 saturated carbocycles. The van der Waals surface area contributed by atoms with E-state index in [1.165, 1.54) is 26.0 Å². The van der Waals surface area contributed by atoms with Crippen LogP contribution in [0.3, 0.4) is 0 Å². The molecule has 0 aliphatic heterocycles. The Balaban J connectivity index is 2.94. The number of nitrogens with one attached hydrogen (secondary N) is 1. The molecule has 0 aliphatic rings. The molecule has 22 heavy (non-hydrogen) atoms. The molecule has 0 aromatic heterocycles. The van der Waals surface area contributed by atoms with Crippen molar-refractivity contribution in [2.45, 2.75) is 40.2 Å². The van der Waals surface area contributed by atoms with Crippen molar-refractivity contribution < 1.29 is 19.1 Å². The number of carbonyl (C=O) groups is 2. The van der Waals surface area contributed by atoms with Gasteiger partial charge in [-0.15, -0.1) is 0 Å². The Morgan fingerprint density at radius 3 is 2.41 bits per heavy atom. The minimum absolute atomic E-state index is 0.0624. The summed E-state index contributed by atoms with van der Waals surface area (Å²) in [6.07, 6.45) is -0.180. The summed E-state index contributed by atoms with van der Waals surface area (Å²) in [5, 5.41) is 12.1. The summed E-state index contributed by atoms with van der Waals surface area (Å²) < 4.78 is 14.0. The molecular weight excluding hydrogens is 309 g/mol. The van der Waals surface area contributed by atoms with Crippen molar-refractivity contribution in [2.75, 3.05) is 0 Å². The van der Waals surface area contributed by atoms with Gasteiger partial charge in [0.25, 0.3) is 0 Å². The Labute approximate surface area is 134 Å². The van der Waals surface area contributed by atoms with Gasteiger partial charge in [0.1, 0.15) is 5.82 Å². The van der Waals surface area contributed by atoms with E-state index in [-0.39, 0.29) is 17.4 Å². The van der Waals surface area contributed by atoms with Gasteiger partial charge in [-0.1, -0.05) is 31.5 Å². The fraction of sp³-hybridized carbons (Fsp3) is 0.500. The molecule has 0 fully saturated rings. The smallest absolute Gasteiger partial charge is 0.309 e. The van der Waals surface area contributed by atoms with Crippen molar-refractivity contribution >= 4 is 23.5 Å². The quantitative estimate of drug-likeness (QED) is 0.834. The summed E-state index contributed by atoms with van der Waals surface area (Å²) in [4.78, 5) is 23.2. The van der Waals surface area contributed by atoms with E-state index in [0.29, 0.717) is 5.56 Å². The molecular formula is C16H21ClFNO3. The van der Waals surface area contributed by atoms with Gasteiger partial charge in [-0.3, -0.25) is 9.59 Å². The summed E-state index contributed by atoms with van der Waals surface area (Å²) in [6.45, 7) is 6.65. The molecule has 2 N–H and O–H groups in total. The second kappa shape index (κ2) is 7.09. The Hall–Kier alpha value is -1.62. The van der Waals surface area contributed by atoms with Crippen LogP contribution in [0.4, 0.5) is 4.39 Å². The lowest BCUT2D eigenvalue weighted by atomic mass is 9.88. The van der Waals surface area contributed by atoms with Crippen LogP contribution in [-0.2, 0) is 9.59 Å². The highest BCUT2D eigenvalue weighted by molar-refractivity contribution is 6.30. The Bertz CT molecular complexity index is 573. The molecule has 1 rings (SSSR count). The number of halogens is 2. The standard InChI is InChI=1S/C16H21ClFNO3/c1-9(2)14(11-6-5-10(17)7-12(11)18)19-13(20)8-16(3,4)15(21)22/h5-7,9,14H,8H2,1-4H3,(H,19,20)(H,21,22). The van der Waals surface area contributed by atoms with E-state index in [9.17, 15) is 14.0 Å². The van der Waals surface area contributed by atoms with Gasteiger partial charge in [0.2, 0.25) is 5.91 Å². The number of amides is 1. The van der Waals surface area contributed by atoms with Gasteiger partial charge in [0, 0.05) is 17.0 Å². The van der Waals surface area contributed by atoms with Gasteiger partial charge < -0.3 is 10.4 Å². The second-order valence-electron chi connectivity index (χ2n) is 6.32. The number of benzene rings is 1. The van der Waals surface area contributed by atoms with Crippen LogP contribution in [0.5, 0.6) is 0 Å². The zero-order valence-corrected chi connectivity index (χ0v) is 13.9. The molecule has 1 aromatic carbocycles. The average Bonchev–Trinajstić information content (AvgIpc) is 2.35. The zero-order chi connectivity index (χ0) is 17.1. The van der Waals surface area contributed by atoms with E-state index < -0.39 is 29.2 Å². The van der Waals surface area contributed by atoms with Crippen LogP contribution in [0.15, 0.2) is 18.2 Å². The molecule has 1 atom stereocenters. The average molecular weight is 330 g/mol. The summed E-state index contributed by atoms with van der Waals surface area (Å²) in [6, 6.07) is 3.74. The van der Waals surface area contributed by atoms with Crippen molar-refractivity contribution in [3.63, 3.8) is 0 Å². The van der Waals surface area contributed by atoms with Crippen molar-refractivity contribution in [1.29, 1.82) is 0 Å². The predicted octanol–water partition coefficient (Wildman–Crippen LogP) is 3.79. The summed E-state index contributed by atoms with van der Waals surface area (Å²) in [5.41, 5.74) is -0.842. The molecule has 0 bridgehead atoms. The van der Waals surface area contributed by atoms with Crippen molar-refractivity contribution in [3.05, 3.63) is 34.6 Å². The number of carboxylic acid groups (broad SMARTS) is 1. The third kappa shape index (κ3) is 4.70. The number of carbonyl (C=O) groups excluding carboxylic acids is 1. The Kier molecular flexibility index (Phi) is 5.94. The van der Waals surface area contributed by atoms with Crippen LogP contribution in [-0.4, -0.2) is 17.0 Å². The topological polar surface area (TPSA) is 66.4 Å². The van der Waals surface area contributed by atoms with Crippen LogP contribution < -0.4 is 5.32 Å². The maximum absolute atomic E-state index is 14.0. The van der Waals surface area contributed by atoms with E-state index in [4.69, 9.17) is 16.7 Å². The molecule has 1 unspecified atom stereocenters. The van der Waals surface area contributed by atoms with Gasteiger partial charge in [0.05, 0.1) is 11.5 Å². The molecule has 0 heterocycles. The summed E-state index contributed by atoms with van der Waals surface area (Å²) in [5.74, 6) is -2.04. The van der Waals surface area contributed by atoms with E-state index in [1.807, 2.05) is 13.8 Å². The molecule has 4 nitrogen and oxygen atoms in total. The highest BCUT2D eigenvalue weighted by Gasteiger charge is 2.31. The zero-order valence-electron chi connectivity index (χ0n) is 13.1. The minimum atomic E-state index is -1.18. The van der Waals surface area contributed by atoms with Crippen molar-refractivity contribution in [3.8, 4) is 0 Å². The molecule has 122 valence electrons. The fourth-order valence-corrected chi connectivity index (χ4v) is 2.22. The molecule has 0 spiro atoms. The van der Waals surface area contributed by atoms with Crippen LogP contribution in [0.1, 0.15) is 45.7 Å². The summed E-state index contributed by atoms with van der Waals surface area (Å²) in [7, 11) is 0. The first-order valence-corrected chi connectivity index (χ1v) is 7.40. The van der Waals surface area contributed by atoms with Crippen LogP contribution >= 0.6 is 11.6 Å². The lowest BCUT2D eigenvalue weighted by Gasteiger charge is -2.26. The first-order valence-electron chi connectivity index (χ1n) is 7.02. The molecule has 0 radical (unpaired) electrons. The van der Waals surface area contributed by atoms with Gasteiger partial charge in [-0.2, -0.15) is 0 Å². The number of carboxylic acids is 1. The monoisotopic (exact) mass is 329 g/mol. The molecule has 0 saturated heterocycles. The van der Waals surface area contributed by atoms with Crippen LogP contribution in [0, 0.1) is 17.2 Å². The molecule has 1 amide bonds. The first kappa shape index (κ1) is 18.4. The first-order chi connectivity index (χ1) is 10.0. The number of aliphatic carboxylic acids is 1. The molecule has 1 aromatic rings. The van der Waals surface area contributed by atoms with E-state index in [1.54, 1.807) is 6.07 Å². The number of hydrogen-bond acceptors (Lipinski definition) is 2. The largest absolute Gasteiger partial charge is 0.481 e. The SMILES string of the molecule is CC(C)C(NC(=O)CC(C)(C)C(=O)O)c1ccc(Cl)cc1F. The third-order valence-electron chi connectivity index (χ3n) is 3.46. The van der Waals surface area contributed by atoms with Crippen molar-refractivity contribution in [1.82, 2.24) is 5.32 Å². The summed E-state index contributed by atoms with van der Waals surface area (Å²) >= 11 is 5.74. The highest BCUT2D eigenvalue weighted by atomic mass is 35.5. The number of rotatable bonds is 6. The Morgan fingerprint density at radius 1 is 1.36 bits per heavy atom. The normalized spacial score (nSPS) is 13.0.